The maximum atomic E-state index is 10.2. The summed E-state index contributed by atoms with van der Waals surface area (Å²) >= 11 is 0. The molecule has 0 fully saturated rings. The van der Waals surface area contributed by atoms with E-state index in [2.05, 4.69) is 0 Å². The van der Waals surface area contributed by atoms with E-state index in [0.29, 0.717) is 6.42 Å². The summed E-state index contributed by atoms with van der Waals surface area (Å²) in [6.07, 6.45) is 1.11. The van der Waals surface area contributed by atoms with E-state index in [0.717, 1.165) is 6.29 Å². The molecule has 10 heavy (non-hydrogen) atoms. The fourth-order valence-electron chi connectivity index (χ4n) is 0.707. The van der Waals surface area contributed by atoms with Crippen molar-refractivity contribution in [2.75, 3.05) is 0 Å². The quantitative estimate of drug-likeness (QED) is 0.600. The van der Waals surface area contributed by atoms with Gasteiger partial charge in [-0.25, -0.2) is 0 Å². The van der Waals surface area contributed by atoms with Gasteiger partial charge >= 0.3 is 5.97 Å². The monoisotopic (exact) mass is 144 g/mol. The molecular weight excluding hydrogens is 132 g/mol. The average Bonchev–Trinajstić information content (AvgIpc) is 1.59. The fourth-order valence-corrected chi connectivity index (χ4v) is 0.707. The first-order chi connectivity index (χ1) is 4.48. The Morgan fingerprint density at radius 1 is 1.60 bits per heavy atom. The average molecular weight is 144 g/mol. The van der Waals surface area contributed by atoms with Crippen molar-refractivity contribution in [3.05, 3.63) is 0 Å². The molecule has 0 amide bonds. The smallest absolute Gasteiger partial charge is 0.303 e. The molecule has 3 heteroatoms. The van der Waals surface area contributed by atoms with Gasteiger partial charge in [0.25, 0.3) is 0 Å². The molecule has 0 aliphatic heterocycles. The summed E-state index contributed by atoms with van der Waals surface area (Å²) in [5, 5.41) is 8.36. The van der Waals surface area contributed by atoms with Crippen LogP contribution in [0.5, 0.6) is 0 Å². The summed E-state index contributed by atoms with van der Waals surface area (Å²) in [7, 11) is 0. The molecule has 0 saturated heterocycles. The van der Waals surface area contributed by atoms with Crippen LogP contribution in [-0.4, -0.2) is 17.4 Å². The van der Waals surface area contributed by atoms with E-state index in [-0.39, 0.29) is 6.42 Å². The van der Waals surface area contributed by atoms with Crippen LogP contribution >= 0.6 is 0 Å². The molecule has 0 aliphatic carbocycles. The molecule has 0 radical (unpaired) electrons. The first kappa shape index (κ1) is 9.14. The van der Waals surface area contributed by atoms with Crippen molar-refractivity contribution in [2.45, 2.75) is 26.7 Å². The molecule has 0 aliphatic rings. The van der Waals surface area contributed by atoms with E-state index in [1.165, 1.54) is 0 Å². The van der Waals surface area contributed by atoms with Gasteiger partial charge in [0.05, 0.1) is 6.42 Å². The molecule has 1 N–H and O–H groups in total. The van der Waals surface area contributed by atoms with Crippen molar-refractivity contribution in [1.29, 1.82) is 0 Å². The number of carboxylic acid groups (broad SMARTS) is 1. The molecule has 0 atom stereocenters. The molecule has 3 nitrogen and oxygen atoms in total. The second-order valence-corrected chi connectivity index (χ2v) is 3.11. The summed E-state index contributed by atoms with van der Waals surface area (Å²) < 4.78 is 0. The van der Waals surface area contributed by atoms with Crippen LogP contribution in [0.2, 0.25) is 0 Å². The number of carbonyl (C=O) groups is 2. The third-order valence-corrected chi connectivity index (χ3v) is 1.27. The van der Waals surface area contributed by atoms with Crippen molar-refractivity contribution in [2.24, 2.45) is 5.41 Å². The van der Waals surface area contributed by atoms with Crippen molar-refractivity contribution in [3.63, 3.8) is 0 Å². The first-order valence-corrected chi connectivity index (χ1v) is 3.13. The van der Waals surface area contributed by atoms with Gasteiger partial charge in [0.1, 0.15) is 6.29 Å². The second-order valence-electron chi connectivity index (χ2n) is 3.11. The maximum Gasteiger partial charge on any atom is 0.303 e. The molecule has 0 saturated carbocycles. The van der Waals surface area contributed by atoms with Crippen LogP contribution in [0.1, 0.15) is 26.7 Å². The maximum absolute atomic E-state index is 10.2. The highest BCUT2D eigenvalue weighted by atomic mass is 16.4. The third kappa shape index (κ3) is 4.06. The highest BCUT2D eigenvalue weighted by Crippen LogP contribution is 2.22. The molecule has 0 aromatic heterocycles. The van der Waals surface area contributed by atoms with Crippen LogP contribution < -0.4 is 0 Å². The Balaban J connectivity index is 3.85. The summed E-state index contributed by atoms with van der Waals surface area (Å²) in [5.74, 6) is -0.855. The number of hydrogen-bond donors (Lipinski definition) is 1. The van der Waals surface area contributed by atoms with Gasteiger partial charge < -0.3 is 9.90 Å². The Morgan fingerprint density at radius 3 is 2.40 bits per heavy atom. The SMILES string of the molecule is CC(C)(CC=O)CC(=O)O. The fraction of sp³-hybridized carbons (Fsp3) is 0.714. The summed E-state index contributed by atoms with van der Waals surface area (Å²) in [6, 6.07) is 0. The van der Waals surface area contributed by atoms with Crippen molar-refractivity contribution < 1.29 is 14.7 Å². The van der Waals surface area contributed by atoms with Gasteiger partial charge in [-0.15, -0.1) is 0 Å². The Kier molecular flexibility index (Phi) is 3.06. The van der Waals surface area contributed by atoms with Crippen molar-refractivity contribution in [1.82, 2.24) is 0 Å². The van der Waals surface area contributed by atoms with Gasteiger partial charge in [-0.1, -0.05) is 13.8 Å². The van der Waals surface area contributed by atoms with Crippen LogP contribution in [0.15, 0.2) is 0 Å². The van der Waals surface area contributed by atoms with Gasteiger partial charge in [0, 0.05) is 6.42 Å². The van der Waals surface area contributed by atoms with Crippen LogP contribution in [0.3, 0.4) is 0 Å². The molecule has 58 valence electrons. The molecule has 0 aromatic rings. The zero-order valence-electron chi connectivity index (χ0n) is 6.26. The highest BCUT2D eigenvalue weighted by Gasteiger charge is 2.20. The molecule has 0 spiro atoms. The molecule has 0 unspecified atom stereocenters. The normalized spacial score (nSPS) is 11.0. The minimum absolute atomic E-state index is 0.0474. The lowest BCUT2D eigenvalue weighted by atomic mass is 9.86. The third-order valence-electron chi connectivity index (χ3n) is 1.27. The van der Waals surface area contributed by atoms with Gasteiger partial charge in [-0.05, 0) is 5.41 Å². The van der Waals surface area contributed by atoms with E-state index in [9.17, 15) is 9.59 Å². The van der Waals surface area contributed by atoms with Crippen LogP contribution in [0.25, 0.3) is 0 Å². The topological polar surface area (TPSA) is 54.4 Å². The predicted molar refractivity (Wildman–Crippen MR) is 36.7 cm³/mol. The van der Waals surface area contributed by atoms with E-state index >= 15 is 0 Å². The lowest BCUT2D eigenvalue weighted by Gasteiger charge is -2.17. The van der Waals surface area contributed by atoms with Crippen LogP contribution in [0.4, 0.5) is 0 Å². The second kappa shape index (κ2) is 3.34. The number of carbonyl (C=O) groups excluding carboxylic acids is 1. The van der Waals surface area contributed by atoms with E-state index < -0.39 is 11.4 Å². The molecule has 0 bridgehead atoms. The molecule has 0 aromatic carbocycles. The Bertz CT molecular complexity index is 138. The Morgan fingerprint density at radius 2 is 2.10 bits per heavy atom. The van der Waals surface area contributed by atoms with Crippen LogP contribution in [0, 0.1) is 5.41 Å². The largest absolute Gasteiger partial charge is 0.481 e. The molecular formula is C7H12O3. The lowest BCUT2D eigenvalue weighted by Crippen LogP contribution is -2.16. The number of hydrogen-bond acceptors (Lipinski definition) is 2. The lowest BCUT2D eigenvalue weighted by molar-refractivity contribution is -0.139. The van der Waals surface area contributed by atoms with E-state index in [4.69, 9.17) is 5.11 Å². The van der Waals surface area contributed by atoms with Gasteiger partial charge in [0.2, 0.25) is 0 Å². The highest BCUT2D eigenvalue weighted by molar-refractivity contribution is 5.68. The minimum Gasteiger partial charge on any atom is -0.481 e. The summed E-state index contributed by atoms with van der Waals surface area (Å²) in [5.41, 5.74) is -0.395. The standard InChI is InChI=1S/C7H12O3/c1-7(2,3-4-8)5-6(9)10/h4H,3,5H2,1-2H3,(H,9,10). The zero-order valence-corrected chi connectivity index (χ0v) is 6.26. The van der Waals surface area contributed by atoms with E-state index in [1.54, 1.807) is 13.8 Å². The van der Waals surface area contributed by atoms with Crippen molar-refractivity contribution in [3.8, 4) is 0 Å². The summed E-state index contributed by atoms with van der Waals surface area (Å²) in [4.78, 5) is 20.2. The number of aliphatic carboxylic acids is 1. The number of carboxylic acids is 1. The predicted octanol–water partition coefficient (Wildman–Crippen LogP) is 1.08. The molecule has 0 rings (SSSR count). The number of rotatable bonds is 4. The first-order valence-electron chi connectivity index (χ1n) is 3.13. The van der Waals surface area contributed by atoms with Gasteiger partial charge in [0.15, 0.2) is 0 Å². The van der Waals surface area contributed by atoms with Gasteiger partial charge in [-0.2, -0.15) is 0 Å². The van der Waals surface area contributed by atoms with Crippen molar-refractivity contribution >= 4 is 12.3 Å². The minimum atomic E-state index is -0.855. The Hall–Kier alpha value is -0.860. The number of aldehydes is 1. The molecule has 0 heterocycles. The zero-order chi connectivity index (χ0) is 8.20. The van der Waals surface area contributed by atoms with Gasteiger partial charge in [-0.3, -0.25) is 4.79 Å². The van der Waals surface area contributed by atoms with E-state index in [1.807, 2.05) is 0 Å². The van der Waals surface area contributed by atoms with Crippen LogP contribution in [-0.2, 0) is 9.59 Å². The summed E-state index contributed by atoms with van der Waals surface area (Å²) in [6.45, 7) is 3.52. The Labute approximate surface area is 60.0 Å².